The van der Waals surface area contributed by atoms with E-state index < -0.39 is 0 Å². The van der Waals surface area contributed by atoms with E-state index in [2.05, 4.69) is 43.8 Å². The van der Waals surface area contributed by atoms with Gasteiger partial charge in [0.15, 0.2) is 0 Å². The van der Waals surface area contributed by atoms with E-state index in [1.807, 2.05) is 0 Å². The van der Waals surface area contributed by atoms with Gasteiger partial charge in [-0.2, -0.15) is 0 Å². The number of hydrogen-bond donors (Lipinski definition) is 1. The van der Waals surface area contributed by atoms with Crippen LogP contribution in [0.3, 0.4) is 0 Å². The predicted octanol–water partition coefficient (Wildman–Crippen LogP) is 4.30. The van der Waals surface area contributed by atoms with Crippen molar-refractivity contribution in [2.24, 2.45) is 11.7 Å². The van der Waals surface area contributed by atoms with Crippen molar-refractivity contribution in [2.45, 2.75) is 56.1 Å². The summed E-state index contributed by atoms with van der Waals surface area (Å²) < 4.78 is 0. The Morgan fingerprint density at radius 3 is 2.72 bits per heavy atom. The lowest BCUT2D eigenvalue weighted by atomic mass is 10.0. The molecule has 2 unspecified atom stereocenters. The molecule has 0 saturated heterocycles. The zero-order valence-electron chi connectivity index (χ0n) is 11.6. The molecule has 2 heteroatoms. The van der Waals surface area contributed by atoms with Gasteiger partial charge in [-0.25, -0.2) is 0 Å². The Morgan fingerprint density at radius 2 is 1.94 bits per heavy atom. The minimum absolute atomic E-state index is 0.706. The van der Waals surface area contributed by atoms with Gasteiger partial charge >= 0.3 is 0 Å². The van der Waals surface area contributed by atoms with Crippen LogP contribution in [0.1, 0.15) is 43.2 Å². The van der Waals surface area contributed by atoms with Crippen LogP contribution in [0.5, 0.6) is 0 Å². The largest absolute Gasteiger partial charge is 0.330 e. The second-order valence-corrected chi connectivity index (χ2v) is 6.84. The lowest BCUT2D eigenvalue weighted by Crippen LogP contribution is -2.24. The van der Waals surface area contributed by atoms with Crippen molar-refractivity contribution in [1.29, 1.82) is 0 Å². The molecule has 1 fully saturated rings. The Balaban J connectivity index is 2.12. The van der Waals surface area contributed by atoms with Gasteiger partial charge in [-0.15, -0.1) is 11.8 Å². The highest BCUT2D eigenvalue weighted by atomic mass is 32.2. The molecule has 0 aromatic heterocycles. The summed E-state index contributed by atoms with van der Waals surface area (Å²) >= 11 is 2.07. The van der Waals surface area contributed by atoms with Gasteiger partial charge < -0.3 is 5.73 Å². The molecule has 2 atom stereocenters. The number of rotatable bonds is 3. The molecule has 2 N–H and O–H groups in total. The van der Waals surface area contributed by atoms with Crippen LogP contribution in [0, 0.1) is 19.8 Å². The van der Waals surface area contributed by atoms with Crippen molar-refractivity contribution in [1.82, 2.24) is 0 Å². The maximum Gasteiger partial charge on any atom is 0.0135 e. The molecule has 100 valence electrons. The summed E-state index contributed by atoms with van der Waals surface area (Å²) in [7, 11) is 0. The van der Waals surface area contributed by atoms with Gasteiger partial charge in [0.05, 0.1) is 0 Å². The molecule has 0 bridgehead atoms. The summed E-state index contributed by atoms with van der Waals surface area (Å²) in [6.07, 6.45) is 6.78. The Bertz CT molecular complexity index is 389. The van der Waals surface area contributed by atoms with E-state index in [-0.39, 0.29) is 0 Å². The smallest absolute Gasteiger partial charge is 0.0135 e. The van der Waals surface area contributed by atoms with Gasteiger partial charge in [-0.05, 0) is 50.8 Å². The second-order valence-electron chi connectivity index (χ2n) is 5.56. The highest BCUT2D eigenvalue weighted by Crippen LogP contribution is 2.37. The quantitative estimate of drug-likeness (QED) is 0.823. The fourth-order valence-corrected chi connectivity index (χ4v) is 4.33. The minimum atomic E-state index is 0.706. The highest BCUT2D eigenvalue weighted by Gasteiger charge is 2.23. The van der Waals surface area contributed by atoms with Gasteiger partial charge in [-0.3, -0.25) is 0 Å². The molecular formula is C16H25NS. The molecule has 1 aromatic rings. The number of hydrogen-bond acceptors (Lipinski definition) is 2. The van der Waals surface area contributed by atoms with Crippen LogP contribution in [-0.2, 0) is 0 Å². The van der Waals surface area contributed by atoms with Crippen molar-refractivity contribution < 1.29 is 0 Å². The summed E-state index contributed by atoms with van der Waals surface area (Å²) in [5.74, 6) is 0.706. The molecule has 0 aliphatic heterocycles. The van der Waals surface area contributed by atoms with Gasteiger partial charge in [0.2, 0.25) is 0 Å². The van der Waals surface area contributed by atoms with Crippen LogP contribution in [0.15, 0.2) is 23.1 Å². The third-order valence-electron chi connectivity index (χ3n) is 4.01. The molecule has 18 heavy (non-hydrogen) atoms. The summed E-state index contributed by atoms with van der Waals surface area (Å²) in [5.41, 5.74) is 8.74. The summed E-state index contributed by atoms with van der Waals surface area (Å²) in [5, 5.41) is 0.720. The van der Waals surface area contributed by atoms with E-state index in [9.17, 15) is 0 Å². The zero-order valence-corrected chi connectivity index (χ0v) is 12.4. The number of nitrogens with two attached hydrogens (primary N) is 1. The molecule has 1 saturated carbocycles. The van der Waals surface area contributed by atoms with Crippen molar-refractivity contribution in [3.8, 4) is 0 Å². The minimum Gasteiger partial charge on any atom is -0.330 e. The first-order chi connectivity index (χ1) is 8.70. The fourth-order valence-electron chi connectivity index (χ4n) is 2.77. The second kappa shape index (κ2) is 6.63. The third-order valence-corrected chi connectivity index (χ3v) is 5.63. The lowest BCUT2D eigenvalue weighted by molar-refractivity contribution is 0.483. The molecule has 2 rings (SSSR count). The van der Waals surface area contributed by atoms with Crippen molar-refractivity contribution in [2.75, 3.05) is 6.54 Å². The zero-order chi connectivity index (χ0) is 13.0. The van der Waals surface area contributed by atoms with Crippen LogP contribution in [0.4, 0.5) is 0 Å². The van der Waals surface area contributed by atoms with E-state index in [1.54, 1.807) is 0 Å². The van der Waals surface area contributed by atoms with E-state index >= 15 is 0 Å². The van der Waals surface area contributed by atoms with Gasteiger partial charge in [-0.1, -0.05) is 37.0 Å². The van der Waals surface area contributed by atoms with Crippen LogP contribution in [0.2, 0.25) is 0 Å². The monoisotopic (exact) mass is 263 g/mol. The van der Waals surface area contributed by atoms with Gasteiger partial charge in [0.25, 0.3) is 0 Å². The van der Waals surface area contributed by atoms with Crippen LogP contribution < -0.4 is 5.73 Å². The fraction of sp³-hybridized carbons (Fsp3) is 0.625. The third kappa shape index (κ3) is 3.52. The normalized spacial score (nSPS) is 24.8. The molecule has 0 heterocycles. The standard InChI is InChI=1S/C16H25NS/c1-12-8-9-13(2)16(10-12)18-15-7-5-3-4-6-14(15)11-17/h8-10,14-15H,3-7,11,17H2,1-2H3. The highest BCUT2D eigenvalue weighted by molar-refractivity contribution is 8.00. The molecule has 0 radical (unpaired) electrons. The first kappa shape index (κ1) is 14.0. The van der Waals surface area contributed by atoms with Crippen LogP contribution in [0.25, 0.3) is 0 Å². The molecule has 0 spiro atoms. The Hall–Kier alpha value is -0.470. The maximum absolute atomic E-state index is 5.97. The molecule has 1 aromatic carbocycles. The van der Waals surface area contributed by atoms with E-state index in [1.165, 1.54) is 48.1 Å². The molecular weight excluding hydrogens is 238 g/mol. The first-order valence-corrected chi connectivity index (χ1v) is 8.02. The summed E-state index contributed by atoms with van der Waals surface area (Å²) in [4.78, 5) is 1.46. The van der Waals surface area contributed by atoms with Crippen molar-refractivity contribution in [3.63, 3.8) is 0 Å². The van der Waals surface area contributed by atoms with Crippen molar-refractivity contribution in [3.05, 3.63) is 29.3 Å². The topological polar surface area (TPSA) is 26.0 Å². The number of aryl methyl sites for hydroxylation is 2. The molecule has 1 nitrogen and oxygen atoms in total. The predicted molar refractivity (Wildman–Crippen MR) is 81.2 cm³/mol. The molecule has 1 aliphatic rings. The Labute approximate surface area is 116 Å². The van der Waals surface area contributed by atoms with Gasteiger partial charge in [0.1, 0.15) is 0 Å². The maximum atomic E-state index is 5.97. The van der Waals surface area contributed by atoms with E-state index in [4.69, 9.17) is 5.73 Å². The summed E-state index contributed by atoms with van der Waals surface area (Å²) in [6.45, 7) is 5.25. The van der Waals surface area contributed by atoms with Crippen LogP contribution >= 0.6 is 11.8 Å². The average molecular weight is 263 g/mol. The Morgan fingerprint density at radius 1 is 1.17 bits per heavy atom. The van der Waals surface area contributed by atoms with Gasteiger partial charge in [0, 0.05) is 10.1 Å². The Kier molecular flexibility index (Phi) is 5.13. The van der Waals surface area contributed by atoms with Crippen molar-refractivity contribution >= 4 is 11.8 Å². The van der Waals surface area contributed by atoms with E-state index in [0.717, 1.165) is 11.8 Å². The molecule has 1 aliphatic carbocycles. The lowest BCUT2D eigenvalue weighted by Gasteiger charge is -2.24. The number of thioether (sulfide) groups is 1. The SMILES string of the molecule is Cc1ccc(C)c(SC2CCCCCC2CN)c1. The molecule has 0 amide bonds. The number of benzene rings is 1. The first-order valence-electron chi connectivity index (χ1n) is 7.14. The van der Waals surface area contributed by atoms with Crippen LogP contribution in [-0.4, -0.2) is 11.8 Å². The van der Waals surface area contributed by atoms with E-state index in [0.29, 0.717) is 5.92 Å². The average Bonchev–Trinajstić information content (AvgIpc) is 2.59. The summed E-state index contributed by atoms with van der Waals surface area (Å²) in [6, 6.07) is 6.77.